The van der Waals surface area contributed by atoms with Gasteiger partial charge in [0.2, 0.25) is 0 Å². The van der Waals surface area contributed by atoms with Gasteiger partial charge in [-0.3, -0.25) is 0 Å². The van der Waals surface area contributed by atoms with Crippen molar-refractivity contribution in [3.8, 4) is 0 Å². The van der Waals surface area contributed by atoms with Gasteiger partial charge in [-0.05, 0) is 40.8 Å². The smallest absolute Gasteiger partial charge is 0.171 e. The van der Waals surface area contributed by atoms with Crippen LogP contribution < -0.4 is 4.90 Å². The Balaban J connectivity index is 1.47. The van der Waals surface area contributed by atoms with Crippen molar-refractivity contribution in [2.45, 2.75) is 32.4 Å². The molecule has 118 valence electrons. The molecule has 7 heteroatoms. The number of halogens is 1. The van der Waals surface area contributed by atoms with Gasteiger partial charge in [0.1, 0.15) is 5.82 Å². The summed E-state index contributed by atoms with van der Waals surface area (Å²) < 4.78 is 5.07. The van der Waals surface area contributed by atoms with Gasteiger partial charge in [-0.25, -0.2) is 14.5 Å². The molecule has 4 heterocycles. The molecule has 0 atom stereocenters. The van der Waals surface area contributed by atoms with Gasteiger partial charge in [0.15, 0.2) is 5.65 Å². The van der Waals surface area contributed by atoms with Crippen molar-refractivity contribution in [1.29, 1.82) is 0 Å². The normalized spacial score (nSPS) is 17.7. The summed E-state index contributed by atoms with van der Waals surface area (Å²) in [6.07, 6.45) is 9.50. The summed E-state index contributed by atoms with van der Waals surface area (Å²) >= 11 is 3.51. The first-order valence-electron chi connectivity index (χ1n) is 8.05. The molecule has 0 unspecified atom stereocenters. The van der Waals surface area contributed by atoms with Crippen LogP contribution in [0.3, 0.4) is 0 Å². The van der Waals surface area contributed by atoms with E-state index in [1.807, 2.05) is 18.6 Å². The Labute approximate surface area is 142 Å². The molecule has 23 heavy (non-hydrogen) atoms. The highest BCUT2D eigenvalue weighted by molar-refractivity contribution is 9.10. The van der Waals surface area contributed by atoms with Crippen LogP contribution in [0.5, 0.6) is 0 Å². The van der Waals surface area contributed by atoms with Crippen LogP contribution in [-0.4, -0.2) is 30.7 Å². The van der Waals surface area contributed by atoms with E-state index in [4.69, 9.17) is 4.98 Å². The third kappa shape index (κ3) is 2.34. The predicted molar refractivity (Wildman–Crippen MR) is 90.4 cm³/mol. The zero-order valence-corrected chi connectivity index (χ0v) is 14.3. The Morgan fingerprint density at radius 3 is 3.09 bits per heavy atom. The minimum absolute atomic E-state index is 0.861. The van der Waals surface area contributed by atoms with E-state index in [9.17, 15) is 0 Å². The third-order valence-electron chi connectivity index (χ3n) is 4.78. The molecule has 0 aromatic carbocycles. The number of anilines is 1. The Morgan fingerprint density at radius 2 is 2.22 bits per heavy atom. The van der Waals surface area contributed by atoms with Gasteiger partial charge in [0.25, 0.3) is 0 Å². The predicted octanol–water partition coefficient (Wildman–Crippen LogP) is 2.66. The quantitative estimate of drug-likeness (QED) is 0.709. The zero-order chi connectivity index (χ0) is 15.4. The maximum atomic E-state index is 4.77. The summed E-state index contributed by atoms with van der Waals surface area (Å²) in [5.74, 6) is 1.87. The fraction of sp³-hybridized carbons (Fsp3) is 0.438. The molecule has 0 bridgehead atoms. The highest BCUT2D eigenvalue weighted by atomic mass is 79.9. The Hall–Kier alpha value is -1.89. The van der Waals surface area contributed by atoms with E-state index in [-0.39, 0.29) is 0 Å². The lowest BCUT2D eigenvalue weighted by molar-refractivity contribution is 0.579. The Kier molecular flexibility index (Phi) is 2.98. The zero-order valence-electron chi connectivity index (χ0n) is 12.7. The van der Waals surface area contributed by atoms with Gasteiger partial charge in [-0.1, -0.05) is 0 Å². The molecule has 0 saturated heterocycles. The molecule has 0 N–H and O–H groups in total. The lowest BCUT2D eigenvalue weighted by atomic mass is 10.1. The van der Waals surface area contributed by atoms with Crippen LogP contribution in [0.1, 0.15) is 24.2 Å². The highest BCUT2D eigenvalue weighted by Crippen LogP contribution is 2.32. The number of fused-ring (bicyclic) bond motifs is 2. The number of hydrogen-bond acceptors (Lipinski definition) is 4. The maximum absolute atomic E-state index is 4.77. The van der Waals surface area contributed by atoms with E-state index in [1.54, 1.807) is 10.7 Å². The van der Waals surface area contributed by atoms with Crippen molar-refractivity contribution < 1.29 is 0 Å². The molecule has 0 radical (unpaired) electrons. The standard InChI is InChI=1S/C16H17BrN6/c17-12-7-19-23-6-4-15(20-16(12)23)21-5-3-13-14(9-21)22(10-18-13)8-11-1-2-11/h4,6-7,10-11H,1-3,5,8-9H2. The second kappa shape index (κ2) is 5.06. The van der Waals surface area contributed by atoms with Crippen LogP contribution in [0, 0.1) is 5.92 Å². The minimum Gasteiger partial charge on any atom is -0.350 e. The molecule has 1 fully saturated rings. The topological polar surface area (TPSA) is 51.2 Å². The largest absolute Gasteiger partial charge is 0.350 e. The molecule has 1 aliphatic heterocycles. The van der Waals surface area contributed by atoms with Crippen molar-refractivity contribution in [2.24, 2.45) is 5.92 Å². The average molecular weight is 373 g/mol. The lowest BCUT2D eigenvalue weighted by Gasteiger charge is -2.28. The molecule has 2 aliphatic rings. The first kappa shape index (κ1) is 13.5. The van der Waals surface area contributed by atoms with Crippen molar-refractivity contribution in [3.63, 3.8) is 0 Å². The van der Waals surface area contributed by atoms with Gasteiger partial charge in [0, 0.05) is 25.7 Å². The lowest BCUT2D eigenvalue weighted by Crippen LogP contribution is -2.32. The van der Waals surface area contributed by atoms with Crippen LogP contribution in [0.4, 0.5) is 5.82 Å². The molecule has 3 aromatic heterocycles. The van der Waals surface area contributed by atoms with E-state index in [0.29, 0.717) is 0 Å². The second-order valence-corrected chi connectivity index (χ2v) is 7.31. The SMILES string of the molecule is Brc1cnn2ccc(N3CCc4ncn(CC5CC5)c4C3)nc12. The first-order valence-corrected chi connectivity index (χ1v) is 8.85. The Morgan fingerprint density at radius 1 is 1.30 bits per heavy atom. The second-order valence-electron chi connectivity index (χ2n) is 6.45. The molecule has 3 aromatic rings. The molecular formula is C16H17BrN6. The van der Waals surface area contributed by atoms with Crippen molar-refractivity contribution in [3.05, 3.63) is 40.6 Å². The summed E-state index contributed by atoms with van der Waals surface area (Å²) in [4.78, 5) is 11.7. The van der Waals surface area contributed by atoms with Crippen LogP contribution in [0.2, 0.25) is 0 Å². The molecule has 6 nitrogen and oxygen atoms in total. The van der Waals surface area contributed by atoms with Crippen molar-refractivity contribution >= 4 is 27.4 Å². The van der Waals surface area contributed by atoms with E-state index < -0.39 is 0 Å². The fourth-order valence-corrected chi connectivity index (χ4v) is 3.64. The molecule has 0 amide bonds. The summed E-state index contributed by atoms with van der Waals surface area (Å²) in [6, 6.07) is 2.04. The molecule has 0 spiro atoms. The third-order valence-corrected chi connectivity index (χ3v) is 5.34. The minimum atomic E-state index is 0.861. The Bertz CT molecular complexity index is 878. The van der Waals surface area contributed by atoms with Gasteiger partial charge in [0.05, 0.1) is 34.9 Å². The van der Waals surface area contributed by atoms with E-state index in [1.165, 1.54) is 24.2 Å². The number of rotatable bonds is 3. The van der Waals surface area contributed by atoms with Gasteiger partial charge >= 0.3 is 0 Å². The van der Waals surface area contributed by atoms with Crippen LogP contribution >= 0.6 is 15.9 Å². The molecule has 1 aliphatic carbocycles. The summed E-state index contributed by atoms with van der Waals surface area (Å²) in [6.45, 7) is 2.97. The monoisotopic (exact) mass is 372 g/mol. The summed E-state index contributed by atoms with van der Waals surface area (Å²) in [5, 5.41) is 4.26. The number of aromatic nitrogens is 5. The number of hydrogen-bond donors (Lipinski definition) is 0. The van der Waals surface area contributed by atoms with E-state index in [0.717, 1.165) is 47.9 Å². The molecule has 1 saturated carbocycles. The summed E-state index contributed by atoms with van der Waals surface area (Å²) in [5.41, 5.74) is 3.48. The van der Waals surface area contributed by atoms with Crippen LogP contribution in [0.15, 0.2) is 29.3 Å². The van der Waals surface area contributed by atoms with E-state index in [2.05, 4.69) is 35.5 Å². The maximum Gasteiger partial charge on any atom is 0.171 e. The number of imidazole rings is 1. The van der Waals surface area contributed by atoms with Gasteiger partial charge < -0.3 is 9.47 Å². The van der Waals surface area contributed by atoms with Crippen molar-refractivity contribution in [2.75, 3.05) is 11.4 Å². The van der Waals surface area contributed by atoms with Crippen LogP contribution in [-0.2, 0) is 19.5 Å². The average Bonchev–Trinajstić information content (AvgIpc) is 3.20. The molecular weight excluding hydrogens is 356 g/mol. The van der Waals surface area contributed by atoms with E-state index >= 15 is 0 Å². The number of nitrogens with zero attached hydrogens (tertiary/aromatic N) is 6. The fourth-order valence-electron chi connectivity index (χ4n) is 3.28. The van der Waals surface area contributed by atoms with Crippen molar-refractivity contribution in [1.82, 2.24) is 24.1 Å². The van der Waals surface area contributed by atoms with Gasteiger partial charge in [-0.2, -0.15) is 5.10 Å². The van der Waals surface area contributed by atoms with Gasteiger partial charge in [-0.15, -0.1) is 0 Å². The van der Waals surface area contributed by atoms with Crippen LogP contribution in [0.25, 0.3) is 5.65 Å². The molecule has 5 rings (SSSR count). The first-order chi connectivity index (χ1) is 11.3. The highest BCUT2D eigenvalue weighted by Gasteiger charge is 2.26. The summed E-state index contributed by atoms with van der Waals surface area (Å²) in [7, 11) is 0.